The Balaban J connectivity index is 1.54. The van der Waals surface area contributed by atoms with Crippen molar-refractivity contribution in [2.24, 2.45) is 0 Å². The van der Waals surface area contributed by atoms with Crippen LogP contribution in [0.2, 0.25) is 0 Å². The van der Waals surface area contributed by atoms with E-state index in [0.29, 0.717) is 5.92 Å². The van der Waals surface area contributed by atoms with Crippen molar-refractivity contribution < 1.29 is 0 Å². The second-order valence-electron chi connectivity index (χ2n) is 6.60. The van der Waals surface area contributed by atoms with Crippen molar-refractivity contribution in [3.05, 3.63) is 70.1 Å². The van der Waals surface area contributed by atoms with Gasteiger partial charge in [-0.25, -0.2) is 4.98 Å². The number of pyridine rings is 2. The Morgan fingerprint density at radius 3 is 2.67 bits per heavy atom. The summed E-state index contributed by atoms with van der Waals surface area (Å²) in [6, 6.07) is 14.2. The number of hydrogen-bond acceptors (Lipinski definition) is 3. The van der Waals surface area contributed by atoms with Crippen LogP contribution in [0.15, 0.2) is 53.5 Å². The van der Waals surface area contributed by atoms with E-state index in [-0.39, 0.29) is 5.56 Å². The van der Waals surface area contributed by atoms with Crippen LogP contribution in [0, 0.1) is 6.92 Å². The number of aromatic nitrogens is 2. The molecule has 0 saturated carbocycles. The minimum atomic E-state index is 0.0561. The van der Waals surface area contributed by atoms with Gasteiger partial charge in [-0.1, -0.05) is 24.3 Å². The van der Waals surface area contributed by atoms with E-state index in [0.717, 1.165) is 48.2 Å². The summed E-state index contributed by atoms with van der Waals surface area (Å²) in [5.41, 5.74) is 3.06. The van der Waals surface area contributed by atoms with Crippen LogP contribution in [-0.2, 0) is 0 Å². The van der Waals surface area contributed by atoms with E-state index < -0.39 is 0 Å². The molecule has 4 nitrogen and oxygen atoms in total. The summed E-state index contributed by atoms with van der Waals surface area (Å²) in [5, 5.41) is 1.11. The van der Waals surface area contributed by atoms with Crippen molar-refractivity contribution in [2.75, 3.05) is 18.0 Å². The zero-order chi connectivity index (χ0) is 16.5. The minimum Gasteiger partial charge on any atom is -0.357 e. The zero-order valence-electron chi connectivity index (χ0n) is 13.8. The molecule has 0 spiro atoms. The van der Waals surface area contributed by atoms with E-state index in [1.54, 1.807) is 0 Å². The van der Waals surface area contributed by atoms with Gasteiger partial charge in [-0.05, 0) is 54.8 Å². The first-order valence-electron chi connectivity index (χ1n) is 8.50. The first-order valence-corrected chi connectivity index (χ1v) is 8.50. The fourth-order valence-corrected chi connectivity index (χ4v) is 3.53. The first kappa shape index (κ1) is 14.9. The van der Waals surface area contributed by atoms with E-state index in [9.17, 15) is 4.79 Å². The number of rotatable bonds is 2. The number of para-hydroxylation sites is 1. The number of nitrogens with one attached hydrogen (secondary N) is 1. The highest BCUT2D eigenvalue weighted by molar-refractivity contribution is 5.78. The van der Waals surface area contributed by atoms with Crippen molar-refractivity contribution in [1.82, 2.24) is 9.97 Å². The number of piperidine rings is 1. The van der Waals surface area contributed by atoms with Crippen LogP contribution in [0.1, 0.15) is 29.9 Å². The second kappa shape index (κ2) is 6.11. The van der Waals surface area contributed by atoms with Gasteiger partial charge in [-0.2, -0.15) is 0 Å². The lowest BCUT2D eigenvalue weighted by Gasteiger charge is -2.32. The van der Waals surface area contributed by atoms with Crippen LogP contribution in [-0.4, -0.2) is 23.1 Å². The van der Waals surface area contributed by atoms with Gasteiger partial charge in [0.25, 0.3) is 5.56 Å². The Bertz CT molecular complexity index is 906. The number of hydrogen-bond donors (Lipinski definition) is 1. The molecular formula is C20H21N3O. The summed E-state index contributed by atoms with van der Waals surface area (Å²) in [5.74, 6) is 1.35. The summed E-state index contributed by atoms with van der Waals surface area (Å²) in [4.78, 5) is 22.3. The molecule has 0 radical (unpaired) electrons. The highest BCUT2D eigenvalue weighted by Crippen LogP contribution is 2.29. The molecular weight excluding hydrogens is 298 g/mol. The first-order chi connectivity index (χ1) is 11.7. The average Bonchev–Trinajstić information content (AvgIpc) is 2.62. The molecule has 4 heteroatoms. The van der Waals surface area contributed by atoms with Crippen molar-refractivity contribution in [2.45, 2.75) is 25.7 Å². The summed E-state index contributed by atoms with van der Waals surface area (Å²) < 4.78 is 0. The number of H-pyrrole nitrogens is 1. The molecule has 0 unspecified atom stereocenters. The van der Waals surface area contributed by atoms with Crippen LogP contribution in [0.5, 0.6) is 0 Å². The van der Waals surface area contributed by atoms with E-state index in [1.165, 1.54) is 5.56 Å². The number of aryl methyl sites for hydroxylation is 1. The predicted molar refractivity (Wildman–Crippen MR) is 97.7 cm³/mol. The van der Waals surface area contributed by atoms with Gasteiger partial charge < -0.3 is 9.88 Å². The number of aromatic amines is 1. The molecule has 1 saturated heterocycles. The molecule has 4 rings (SSSR count). The molecule has 0 atom stereocenters. The van der Waals surface area contributed by atoms with Gasteiger partial charge in [0.1, 0.15) is 5.82 Å². The van der Waals surface area contributed by atoms with E-state index >= 15 is 0 Å². The Kier molecular flexibility index (Phi) is 3.81. The smallest absolute Gasteiger partial charge is 0.251 e. The molecule has 0 amide bonds. The topological polar surface area (TPSA) is 49.0 Å². The molecule has 1 fully saturated rings. The van der Waals surface area contributed by atoms with Gasteiger partial charge in [-0.15, -0.1) is 0 Å². The quantitative estimate of drug-likeness (QED) is 0.785. The summed E-state index contributed by atoms with van der Waals surface area (Å²) in [7, 11) is 0. The Hall–Kier alpha value is -2.62. The third-order valence-electron chi connectivity index (χ3n) is 4.94. The minimum absolute atomic E-state index is 0.0561. The molecule has 24 heavy (non-hydrogen) atoms. The lowest BCUT2D eigenvalue weighted by molar-refractivity contribution is 0.500. The molecule has 1 N–H and O–H groups in total. The fourth-order valence-electron chi connectivity index (χ4n) is 3.53. The normalized spacial score (nSPS) is 15.8. The van der Waals surface area contributed by atoms with E-state index in [4.69, 9.17) is 0 Å². The van der Waals surface area contributed by atoms with E-state index in [1.807, 2.05) is 24.4 Å². The standard InChI is InChI=1S/C20H21N3O/c1-14-6-7-19(21-13-14)23-10-8-15(9-11-23)17-12-16-4-2-3-5-18(16)22-20(17)24/h2-7,12-13,15H,8-11H2,1H3,(H,22,24). The number of fused-ring (bicyclic) bond motifs is 1. The van der Waals surface area contributed by atoms with E-state index in [2.05, 4.69) is 46.1 Å². The molecule has 2 aromatic heterocycles. The van der Waals surface area contributed by atoms with Crippen LogP contribution in [0.4, 0.5) is 5.82 Å². The second-order valence-corrected chi connectivity index (χ2v) is 6.60. The number of nitrogens with zero attached hydrogens (tertiary/aromatic N) is 2. The molecule has 0 bridgehead atoms. The highest BCUT2D eigenvalue weighted by Gasteiger charge is 2.23. The maximum absolute atomic E-state index is 12.4. The molecule has 3 heterocycles. The van der Waals surface area contributed by atoms with Crippen LogP contribution < -0.4 is 10.5 Å². The lowest BCUT2D eigenvalue weighted by atomic mass is 9.89. The largest absolute Gasteiger partial charge is 0.357 e. The average molecular weight is 319 g/mol. The molecule has 3 aromatic rings. The van der Waals surface area contributed by atoms with Crippen LogP contribution >= 0.6 is 0 Å². The van der Waals surface area contributed by atoms with Crippen LogP contribution in [0.3, 0.4) is 0 Å². The maximum atomic E-state index is 12.4. The van der Waals surface area contributed by atoms with Gasteiger partial charge in [0.2, 0.25) is 0 Å². The Labute approximate surface area is 141 Å². The summed E-state index contributed by atoms with van der Waals surface area (Å²) >= 11 is 0. The monoisotopic (exact) mass is 319 g/mol. The predicted octanol–water partition coefficient (Wildman–Crippen LogP) is 3.62. The number of anilines is 1. The SMILES string of the molecule is Cc1ccc(N2CCC(c3cc4ccccc4[nH]c3=O)CC2)nc1. The Morgan fingerprint density at radius 2 is 1.92 bits per heavy atom. The van der Waals surface area contributed by atoms with Gasteiger partial charge in [0, 0.05) is 30.4 Å². The number of benzene rings is 1. The molecule has 1 aliphatic rings. The zero-order valence-corrected chi connectivity index (χ0v) is 13.8. The van der Waals surface area contributed by atoms with Gasteiger partial charge >= 0.3 is 0 Å². The van der Waals surface area contributed by atoms with Crippen molar-refractivity contribution in [1.29, 1.82) is 0 Å². The summed E-state index contributed by atoms with van der Waals surface area (Å²) in [6.45, 7) is 3.93. The van der Waals surface area contributed by atoms with Crippen molar-refractivity contribution in [3.63, 3.8) is 0 Å². The highest BCUT2D eigenvalue weighted by atomic mass is 16.1. The summed E-state index contributed by atoms with van der Waals surface area (Å²) in [6.07, 6.45) is 3.88. The van der Waals surface area contributed by atoms with Gasteiger partial charge in [0.05, 0.1) is 0 Å². The van der Waals surface area contributed by atoms with Crippen molar-refractivity contribution >= 4 is 16.7 Å². The Morgan fingerprint density at radius 1 is 1.12 bits per heavy atom. The fraction of sp³-hybridized carbons (Fsp3) is 0.300. The van der Waals surface area contributed by atoms with Crippen LogP contribution in [0.25, 0.3) is 10.9 Å². The molecule has 1 aliphatic heterocycles. The molecule has 122 valence electrons. The van der Waals surface area contributed by atoms with Crippen molar-refractivity contribution in [3.8, 4) is 0 Å². The molecule has 0 aliphatic carbocycles. The van der Waals surface area contributed by atoms with Gasteiger partial charge in [0.15, 0.2) is 0 Å². The lowest BCUT2D eigenvalue weighted by Crippen LogP contribution is -2.34. The molecule has 1 aromatic carbocycles. The third kappa shape index (κ3) is 2.80. The third-order valence-corrected chi connectivity index (χ3v) is 4.94. The van der Waals surface area contributed by atoms with Gasteiger partial charge in [-0.3, -0.25) is 4.79 Å². The maximum Gasteiger partial charge on any atom is 0.251 e.